The fourth-order valence-corrected chi connectivity index (χ4v) is 2.61. The summed E-state index contributed by atoms with van der Waals surface area (Å²) < 4.78 is 0.663. The monoisotopic (exact) mass is 323 g/mol. The van der Waals surface area contributed by atoms with Gasteiger partial charge in [-0.3, -0.25) is 9.69 Å². The smallest absolute Gasteiger partial charge is 0.228 e. The zero-order valence-electron chi connectivity index (χ0n) is 8.16. The van der Waals surface area contributed by atoms with E-state index in [4.69, 9.17) is 23.2 Å². The maximum Gasteiger partial charge on any atom is 0.228 e. The number of carbonyl (C=O) groups excluding carboxylic acids is 1. The summed E-state index contributed by atoms with van der Waals surface area (Å²) >= 11 is 14.7. The Hall–Kier alpha value is -0.390. The number of hydrogen-bond donors (Lipinski definition) is 0. The SMILES string of the molecule is O=C1CC(CCl)CN1c1nnc(Cl)cc1Br. The molecule has 1 aliphatic rings. The lowest BCUT2D eigenvalue weighted by atomic mass is 10.1. The van der Waals surface area contributed by atoms with E-state index in [1.807, 2.05) is 0 Å². The zero-order chi connectivity index (χ0) is 11.7. The van der Waals surface area contributed by atoms with Gasteiger partial charge in [-0.05, 0) is 27.9 Å². The third kappa shape index (κ3) is 2.31. The van der Waals surface area contributed by atoms with Crippen LogP contribution in [0.1, 0.15) is 6.42 Å². The molecule has 0 N–H and O–H groups in total. The van der Waals surface area contributed by atoms with Gasteiger partial charge in [0.25, 0.3) is 0 Å². The molecular weight excluding hydrogens is 317 g/mol. The van der Waals surface area contributed by atoms with Crippen molar-refractivity contribution >= 4 is 50.9 Å². The van der Waals surface area contributed by atoms with E-state index in [-0.39, 0.29) is 17.0 Å². The Kier molecular flexibility index (Phi) is 3.66. The second-order valence-corrected chi connectivity index (χ2v) is 5.12. The molecule has 1 unspecified atom stereocenters. The van der Waals surface area contributed by atoms with Gasteiger partial charge in [0.15, 0.2) is 11.0 Å². The molecule has 4 nitrogen and oxygen atoms in total. The van der Waals surface area contributed by atoms with Crippen molar-refractivity contribution in [3.63, 3.8) is 0 Å². The molecule has 1 aromatic rings. The summed E-state index contributed by atoms with van der Waals surface area (Å²) in [6, 6.07) is 1.62. The van der Waals surface area contributed by atoms with Gasteiger partial charge in [-0.15, -0.1) is 21.8 Å². The average molecular weight is 325 g/mol. The molecule has 1 aliphatic heterocycles. The van der Waals surface area contributed by atoms with Crippen LogP contribution in [0.4, 0.5) is 5.82 Å². The molecule has 0 bridgehead atoms. The van der Waals surface area contributed by atoms with Crippen molar-refractivity contribution in [1.82, 2.24) is 10.2 Å². The number of carbonyl (C=O) groups is 1. The second kappa shape index (κ2) is 4.85. The maximum atomic E-state index is 11.7. The Bertz CT molecular complexity index is 429. The number of anilines is 1. The lowest BCUT2D eigenvalue weighted by Crippen LogP contribution is -2.26. The van der Waals surface area contributed by atoms with Gasteiger partial charge < -0.3 is 0 Å². The molecule has 1 atom stereocenters. The van der Waals surface area contributed by atoms with Crippen molar-refractivity contribution in [3.8, 4) is 0 Å². The molecule has 2 heterocycles. The highest BCUT2D eigenvalue weighted by Gasteiger charge is 2.32. The van der Waals surface area contributed by atoms with E-state index in [1.165, 1.54) is 0 Å². The molecule has 1 fully saturated rings. The highest BCUT2D eigenvalue weighted by molar-refractivity contribution is 9.10. The Labute approximate surface area is 111 Å². The molecular formula is C9H8BrCl2N3O. The van der Waals surface area contributed by atoms with Crippen LogP contribution in [0.15, 0.2) is 10.5 Å². The van der Waals surface area contributed by atoms with E-state index in [0.717, 1.165) is 0 Å². The predicted octanol–water partition coefficient (Wildman–Crippen LogP) is 2.48. The number of amides is 1. The van der Waals surface area contributed by atoms with Crippen LogP contribution in [0.5, 0.6) is 0 Å². The lowest BCUT2D eigenvalue weighted by molar-refractivity contribution is -0.117. The van der Waals surface area contributed by atoms with E-state index in [9.17, 15) is 4.79 Å². The molecule has 16 heavy (non-hydrogen) atoms. The summed E-state index contributed by atoms with van der Waals surface area (Å²) in [5.74, 6) is 1.17. The van der Waals surface area contributed by atoms with Gasteiger partial charge in [0.2, 0.25) is 5.91 Å². The molecule has 1 aromatic heterocycles. The molecule has 0 aromatic carbocycles. The van der Waals surface area contributed by atoms with Crippen molar-refractivity contribution in [2.75, 3.05) is 17.3 Å². The van der Waals surface area contributed by atoms with Crippen LogP contribution in [0.3, 0.4) is 0 Å². The fourth-order valence-electron chi connectivity index (χ4n) is 1.61. The van der Waals surface area contributed by atoms with Crippen molar-refractivity contribution < 1.29 is 4.79 Å². The second-order valence-electron chi connectivity index (χ2n) is 3.57. The van der Waals surface area contributed by atoms with E-state index in [0.29, 0.717) is 29.1 Å². The largest absolute Gasteiger partial charge is 0.294 e. The highest BCUT2D eigenvalue weighted by Crippen LogP contribution is 2.30. The van der Waals surface area contributed by atoms with Crippen molar-refractivity contribution in [3.05, 3.63) is 15.7 Å². The zero-order valence-corrected chi connectivity index (χ0v) is 11.3. The average Bonchev–Trinajstić information content (AvgIpc) is 2.60. The van der Waals surface area contributed by atoms with Crippen LogP contribution < -0.4 is 4.90 Å². The molecule has 1 amide bonds. The number of hydrogen-bond acceptors (Lipinski definition) is 3. The molecule has 0 aliphatic carbocycles. The molecule has 7 heteroatoms. The molecule has 0 saturated carbocycles. The van der Waals surface area contributed by atoms with E-state index in [1.54, 1.807) is 11.0 Å². The minimum Gasteiger partial charge on any atom is -0.294 e. The molecule has 2 rings (SSSR count). The van der Waals surface area contributed by atoms with Gasteiger partial charge >= 0.3 is 0 Å². The Balaban J connectivity index is 2.28. The van der Waals surface area contributed by atoms with E-state index < -0.39 is 0 Å². The van der Waals surface area contributed by atoms with Gasteiger partial charge in [0.1, 0.15) is 0 Å². The number of rotatable bonds is 2. The van der Waals surface area contributed by atoms with Gasteiger partial charge in [-0.25, -0.2) is 0 Å². The van der Waals surface area contributed by atoms with Gasteiger partial charge in [0, 0.05) is 18.8 Å². The predicted molar refractivity (Wildman–Crippen MR) is 65.9 cm³/mol. The van der Waals surface area contributed by atoms with Crippen LogP contribution in [0, 0.1) is 5.92 Å². The van der Waals surface area contributed by atoms with E-state index in [2.05, 4.69) is 26.1 Å². The van der Waals surface area contributed by atoms with Crippen LogP contribution in [-0.4, -0.2) is 28.5 Å². The van der Waals surface area contributed by atoms with Crippen molar-refractivity contribution in [2.45, 2.75) is 6.42 Å². The van der Waals surface area contributed by atoms with Crippen LogP contribution in [-0.2, 0) is 4.79 Å². The van der Waals surface area contributed by atoms with Gasteiger partial charge in [-0.2, -0.15) is 0 Å². The van der Waals surface area contributed by atoms with Crippen molar-refractivity contribution in [1.29, 1.82) is 0 Å². The van der Waals surface area contributed by atoms with Crippen LogP contribution in [0.2, 0.25) is 5.15 Å². The quantitative estimate of drug-likeness (QED) is 0.785. The van der Waals surface area contributed by atoms with Crippen LogP contribution in [0.25, 0.3) is 0 Å². The summed E-state index contributed by atoms with van der Waals surface area (Å²) in [4.78, 5) is 13.3. The number of nitrogens with zero attached hydrogens (tertiary/aromatic N) is 3. The normalized spacial score (nSPS) is 20.6. The minimum absolute atomic E-state index is 0.0166. The first-order valence-corrected chi connectivity index (χ1v) is 6.37. The van der Waals surface area contributed by atoms with Crippen LogP contribution >= 0.6 is 39.1 Å². The number of halogens is 3. The Morgan fingerprint density at radius 3 is 2.88 bits per heavy atom. The molecule has 0 spiro atoms. The summed E-state index contributed by atoms with van der Waals surface area (Å²) in [5, 5.41) is 7.93. The molecule has 0 radical (unpaired) electrons. The van der Waals surface area contributed by atoms with Gasteiger partial charge in [-0.1, -0.05) is 11.6 Å². The first kappa shape index (κ1) is 12.1. The minimum atomic E-state index is 0.0166. The third-order valence-corrected chi connectivity index (χ3v) is 3.58. The summed E-state index contributed by atoms with van der Waals surface area (Å²) in [6.45, 7) is 0.581. The summed E-state index contributed by atoms with van der Waals surface area (Å²) in [5.41, 5.74) is 0. The highest BCUT2D eigenvalue weighted by atomic mass is 79.9. The summed E-state index contributed by atoms with van der Waals surface area (Å²) in [6.07, 6.45) is 0.459. The third-order valence-electron chi connectivity index (χ3n) is 2.38. The standard InChI is InChI=1S/C9H8BrCl2N3O/c10-6-2-7(12)13-14-9(6)15-4-5(3-11)1-8(15)16/h2,5H,1,3-4H2. The number of alkyl halides is 1. The molecule has 86 valence electrons. The number of aromatic nitrogens is 2. The van der Waals surface area contributed by atoms with E-state index >= 15 is 0 Å². The first-order chi connectivity index (χ1) is 7.61. The topological polar surface area (TPSA) is 46.1 Å². The lowest BCUT2D eigenvalue weighted by Gasteiger charge is -2.15. The van der Waals surface area contributed by atoms with Crippen molar-refractivity contribution in [2.24, 2.45) is 5.92 Å². The molecule has 1 saturated heterocycles. The summed E-state index contributed by atoms with van der Waals surface area (Å²) in [7, 11) is 0. The maximum absolute atomic E-state index is 11.7. The Morgan fingerprint density at radius 1 is 1.56 bits per heavy atom. The Morgan fingerprint density at radius 2 is 2.31 bits per heavy atom. The van der Waals surface area contributed by atoms with Gasteiger partial charge in [0.05, 0.1) is 4.47 Å². The fraction of sp³-hybridized carbons (Fsp3) is 0.444. The first-order valence-electron chi connectivity index (χ1n) is 4.67.